The minimum Gasteiger partial charge on any atom is -0.317 e. The summed E-state index contributed by atoms with van der Waals surface area (Å²) in [6, 6.07) is 3.41. The van der Waals surface area contributed by atoms with E-state index in [2.05, 4.69) is 21.9 Å². The number of rotatable bonds is 9. The normalized spacial score (nSPS) is 11.8. The average Bonchev–Trinajstić information content (AvgIpc) is 2.40. The molecule has 7 heteroatoms. The third kappa shape index (κ3) is 5.44. The van der Waals surface area contributed by atoms with Crippen LogP contribution in [0.25, 0.3) is 0 Å². The largest absolute Gasteiger partial charge is 0.317 e. The molecule has 2 N–H and O–H groups in total. The van der Waals surface area contributed by atoms with Gasteiger partial charge in [0.1, 0.15) is 0 Å². The lowest BCUT2D eigenvalue weighted by molar-refractivity contribution is 0.458. The van der Waals surface area contributed by atoms with Crippen LogP contribution in [-0.2, 0) is 10.2 Å². The second-order valence-corrected chi connectivity index (χ2v) is 6.45. The van der Waals surface area contributed by atoms with Crippen molar-refractivity contribution in [3.05, 3.63) is 24.0 Å². The van der Waals surface area contributed by atoms with Crippen LogP contribution in [0.2, 0.25) is 0 Å². The number of pyridine rings is 1. The van der Waals surface area contributed by atoms with Crippen molar-refractivity contribution in [2.45, 2.75) is 26.7 Å². The summed E-state index contributed by atoms with van der Waals surface area (Å²) in [4.78, 5) is 4.06. The molecule has 20 heavy (non-hydrogen) atoms. The van der Waals surface area contributed by atoms with Crippen molar-refractivity contribution in [1.29, 1.82) is 0 Å². The average molecular weight is 300 g/mol. The molecule has 0 aliphatic heterocycles. The van der Waals surface area contributed by atoms with Crippen molar-refractivity contribution in [3.8, 4) is 0 Å². The first-order valence-corrected chi connectivity index (χ1v) is 8.27. The maximum Gasteiger partial charge on any atom is 0.301 e. The van der Waals surface area contributed by atoms with E-state index in [0.29, 0.717) is 17.9 Å². The van der Waals surface area contributed by atoms with E-state index in [0.717, 1.165) is 25.9 Å². The van der Waals surface area contributed by atoms with Crippen LogP contribution in [0, 0.1) is 6.92 Å². The van der Waals surface area contributed by atoms with E-state index in [4.69, 9.17) is 0 Å². The summed E-state index contributed by atoms with van der Waals surface area (Å²) in [5.41, 5.74) is 1.18. The van der Waals surface area contributed by atoms with E-state index in [-0.39, 0.29) is 0 Å². The van der Waals surface area contributed by atoms with Crippen LogP contribution < -0.4 is 10.0 Å². The topological polar surface area (TPSA) is 74.3 Å². The van der Waals surface area contributed by atoms with Gasteiger partial charge in [0.15, 0.2) is 0 Å². The Morgan fingerprint density at radius 1 is 1.35 bits per heavy atom. The lowest BCUT2D eigenvalue weighted by Crippen LogP contribution is -2.34. The predicted octanol–water partition coefficient (Wildman–Crippen LogP) is 1.37. The summed E-state index contributed by atoms with van der Waals surface area (Å²) in [5.74, 6) is 0. The van der Waals surface area contributed by atoms with Crippen molar-refractivity contribution in [2.24, 2.45) is 0 Å². The molecule has 6 nitrogen and oxygen atoms in total. The lowest BCUT2D eigenvalue weighted by atomic mass is 10.3. The molecule has 1 aromatic heterocycles. The number of hydrogen-bond acceptors (Lipinski definition) is 4. The number of hydrogen-bond donors (Lipinski definition) is 2. The maximum absolute atomic E-state index is 12.1. The van der Waals surface area contributed by atoms with Gasteiger partial charge in [0.2, 0.25) is 0 Å². The monoisotopic (exact) mass is 300 g/mol. The minimum atomic E-state index is -3.51. The van der Waals surface area contributed by atoms with Gasteiger partial charge in [-0.3, -0.25) is 9.71 Å². The fourth-order valence-electron chi connectivity index (χ4n) is 1.66. The molecule has 1 rings (SSSR count). The Bertz CT molecular complexity index is 505. The van der Waals surface area contributed by atoms with E-state index < -0.39 is 10.2 Å². The van der Waals surface area contributed by atoms with Gasteiger partial charge >= 0.3 is 10.2 Å². The molecule has 0 unspecified atom stereocenters. The highest BCUT2D eigenvalue weighted by Gasteiger charge is 2.17. The Labute approximate surface area is 121 Å². The summed E-state index contributed by atoms with van der Waals surface area (Å²) < 4.78 is 28.2. The second-order valence-electron chi connectivity index (χ2n) is 4.67. The summed E-state index contributed by atoms with van der Waals surface area (Å²) >= 11 is 0. The Kier molecular flexibility index (Phi) is 6.90. The Morgan fingerprint density at radius 3 is 2.75 bits per heavy atom. The van der Waals surface area contributed by atoms with Gasteiger partial charge in [-0.25, -0.2) is 0 Å². The molecule has 0 aliphatic rings. The molecule has 0 aromatic carbocycles. The van der Waals surface area contributed by atoms with Crippen LogP contribution in [0.1, 0.15) is 25.5 Å². The summed E-state index contributed by atoms with van der Waals surface area (Å²) in [6.45, 7) is 6.13. The van der Waals surface area contributed by atoms with E-state index in [1.807, 2.05) is 0 Å². The van der Waals surface area contributed by atoms with Crippen molar-refractivity contribution >= 4 is 15.9 Å². The first-order chi connectivity index (χ1) is 9.47. The molecule has 0 fully saturated rings. The maximum atomic E-state index is 12.1. The standard InChI is InChI=1S/C13H24N4O2S/c1-4-8-14-9-6-11-17(3)20(18,19)16-13-7-5-10-15-12(13)2/h5,7,10,14,16H,4,6,8-9,11H2,1-3H3. The van der Waals surface area contributed by atoms with Crippen LogP contribution in [0.5, 0.6) is 0 Å². The Hall–Kier alpha value is -1.18. The van der Waals surface area contributed by atoms with Gasteiger partial charge < -0.3 is 5.32 Å². The fraction of sp³-hybridized carbons (Fsp3) is 0.615. The molecule has 1 aromatic rings. The highest BCUT2D eigenvalue weighted by Crippen LogP contribution is 2.13. The molecule has 0 spiro atoms. The number of anilines is 1. The fourth-order valence-corrected chi connectivity index (χ4v) is 2.68. The van der Waals surface area contributed by atoms with Crippen molar-refractivity contribution in [2.75, 3.05) is 31.4 Å². The van der Waals surface area contributed by atoms with Gasteiger partial charge in [0, 0.05) is 19.8 Å². The summed E-state index contributed by atoms with van der Waals surface area (Å²) in [6.07, 6.45) is 3.50. The van der Waals surface area contributed by atoms with Gasteiger partial charge in [-0.1, -0.05) is 6.92 Å². The van der Waals surface area contributed by atoms with E-state index in [1.54, 1.807) is 32.3 Å². The van der Waals surface area contributed by atoms with Crippen LogP contribution in [0.15, 0.2) is 18.3 Å². The second kappa shape index (κ2) is 8.18. The van der Waals surface area contributed by atoms with Crippen LogP contribution in [-0.4, -0.2) is 44.4 Å². The van der Waals surface area contributed by atoms with Crippen LogP contribution in [0.3, 0.4) is 0 Å². The molecule has 0 bridgehead atoms. The zero-order valence-corrected chi connectivity index (χ0v) is 13.2. The highest BCUT2D eigenvalue weighted by molar-refractivity contribution is 7.90. The molecular formula is C13H24N4O2S. The van der Waals surface area contributed by atoms with E-state index >= 15 is 0 Å². The number of nitrogens with zero attached hydrogens (tertiary/aromatic N) is 2. The summed E-state index contributed by atoms with van der Waals surface area (Å²) in [5, 5.41) is 3.25. The van der Waals surface area contributed by atoms with Gasteiger partial charge in [-0.15, -0.1) is 0 Å². The lowest BCUT2D eigenvalue weighted by Gasteiger charge is -2.19. The predicted molar refractivity (Wildman–Crippen MR) is 81.9 cm³/mol. The zero-order chi connectivity index (χ0) is 15.0. The van der Waals surface area contributed by atoms with Gasteiger partial charge in [-0.2, -0.15) is 12.7 Å². The molecule has 0 saturated heterocycles. The third-order valence-electron chi connectivity index (χ3n) is 2.91. The first-order valence-electron chi connectivity index (χ1n) is 6.83. The van der Waals surface area contributed by atoms with E-state index in [9.17, 15) is 8.42 Å². The molecule has 1 heterocycles. The van der Waals surface area contributed by atoms with Gasteiger partial charge in [0.05, 0.1) is 11.4 Å². The SMILES string of the molecule is CCCNCCCN(C)S(=O)(=O)Nc1cccnc1C. The summed E-state index contributed by atoms with van der Waals surface area (Å²) in [7, 11) is -1.94. The molecule has 0 amide bonds. The molecule has 0 saturated carbocycles. The molecule has 0 radical (unpaired) electrons. The number of nitrogens with one attached hydrogen (secondary N) is 2. The Balaban J connectivity index is 2.49. The number of aryl methyl sites for hydroxylation is 1. The van der Waals surface area contributed by atoms with Gasteiger partial charge in [-0.05, 0) is 45.0 Å². The van der Waals surface area contributed by atoms with Crippen molar-refractivity contribution in [1.82, 2.24) is 14.6 Å². The van der Waals surface area contributed by atoms with Crippen molar-refractivity contribution < 1.29 is 8.42 Å². The van der Waals surface area contributed by atoms with E-state index in [1.165, 1.54) is 4.31 Å². The first kappa shape index (κ1) is 16.9. The Morgan fingerprint density at radius 2 is 2.10 bits per heavy atom. The third-order valence-corrected chi connectivity index (χ3v) is 4.39. The van der Waals surface area contributed by atoms with Gasteiger partial charge in [0.25, 0.3) is 0 Å². The molecule has 0 aliphatic carbocycles. The molecule has 114 valence electrons. The minimum absolute atomic E-state index is 0.478. The van der Waals surface area contributed by atoms with Crippen molar-refractivity contribution in [3.63, 3.8) is 0 Å². The van der Waals surface area contributed by atoms with Crippen LogP contribution >= 0.6 is 0 Å². The zero-order valence-electron chi connectivity index (χ0n) is 12.4. The highest BCUT2D eigenvalue weighted by atomic mass is 32.2. The van der Waals surface area contributed by atoms with Crippen LogP contribution in [0.4, 0.5) is 5.69 Å². The molecule has 0 atom stereocenters. The smallest absolute Gasteiger partial charge is 0.301 e. The molecular weight excluding hydrogens is 276 g/mol. The quantitative estimate of drug-likeness (QED) is 0.676. The number of aromatic nitrogens is 1.